The quantitative estimate of drug-likeness (QED) is 0.442. The Labute approximate surface area is 178 Å². The molecule has 2 heterocycles. The number of rotatable bonds is 6. The number of nitro benzene ring substituents is 1. The second-order valence-corrected chi connectivity index (χ2v) is 7.07. The Morgan fingerprint density at radius 2 is 2.03 bits per heavy atom. The molecule has 0 N–H and O–H groups in total. The number of ether oxygens (including phenoxy) is 2. The molecule has 0 spiro atoms. The van der Waals surface area contributed by atoms with Crippen LogP contribution < -0.4 is 9.47 Å². The largest absolute Gasteiger partial charge is 0.497 e. The van der Waals surface area contributed by atoms with Gasteiger partial charge in [0.05, 0.1) is 25.2 Å². The predicted octanol–water partition coefficient (Wildman–Crippen LogP) is 3.17. The van der Waals surface area contributed by atoms with E-state index in [2.05, 4.69) is 10.1 Å². The Bertz CT molecular complexity index is 1120. The molecule has 31 heavy (non-hydrogen) atoms. The molecule has 1 aliphatic heterocycles. The highest BCUT2D eigenvalue weighted by Crippen LogP contribution is 2.40. The van der Waals surface area contributed by atoms with E-state index < -0.39 is 4.92 Å². The summed E-state index contributed by atoms with van der Waals surface area (Å²) in [6.45, 7) is 0.544. The van der Waals surface area contributed by atoms with Crippen LogP contribution in [0.1, 0.15) is 34.8 Å². The minimum atomic E-state index is -0.527. The van der Waals surface area contributed by atoms with Crippen LogP contribution in [-0.4, -0.2) is 51.3 Å². The van der Waals surface area contributed by atoms with E-state index in [0.29, 0.717) is 18.0 Å². The lowest BCUT2D eigenvalue weighted by Crippen LogP contribution is -2.30. The Balaban J connectivity index is 1.69. The molecule has 0 bridgehead atoms. The van der Waals surface area contributed by atoms with Crippen LogP contribution in [0.2, 0.25) is 0 Å². The fraction of sp³-hybridized carbons (Fsp3) is 0.286. The third-order valence-corrected chi connectivity index (χ3v) is 5.39. The molecule has 10 heteroatoms. The van der Waals surface area contributed by atoms with Gasteiger partial charge < -0.3 is 14.4 Å². The van der Waals surface area contributed by atoms with Crippen LogP contribution in [0.15, 0.2) is 49.1 Å². The molecule has 1 atom stereocenters. The standard InChI is InChI=1S/C21H21N5O5/c1-30-15-6-8-20(31-2)16(11-15)17-4-3-9-24(17)21(27)14-5-7-18(19(10-14)26(28)29)25-13-22-12-23-25/h5-8,10-13,17H,3-4,9H2,1-2H3. The highest BCUT2D eigenvalue weighted by Gasteiger charge is 2.33. The lowest BCUT2D eigenvalue weighted by Gasteiger charge is -2.27. The molecule has 0 radical (unpaired) electrons. The maximum absolute atomic E-state index is 13.4. The Morgan fingerprint density at radius 3 is 2.71 bits per heavy atom. The molecule has 1 unspecified atom stereocenters. The first-order valence-electron chi connectivity index (χ1n) is 9.70. The summed E-state index contributed by atoms with van der Waals surface area (Å²) >= 11 is 0. The second-order valence-electron chi connectivity index (χ2n) is 7.07. The van der Waals surface area contributed by atoms with Crippen LogP contribution in [0.3, 0.4) is 0 Å². The summed E-state index contributed by atoms with van der Waals surface area (Å²) in [5.41, 5.74) is 1.11. The second kappa shape index (κ2) is 8.42. The van der Waals surface area contributed by atoms with Crippen molar-refractivity contribution in [2.45, 2.75) is 18.9 Å². The van der Waals surface area contributed by atoms with Gasteiger partial charge in [-0.25, -0.2) is 9.67 Å². The van der Waals surface area contributed by atoms with Crippen LogP contribution in [0, 0.1) is 10.1 Å². The normalized spacial score (nSPS) is 15.7. The summed E-state index contributed by atoms with van der Waals surface area (Å²) in [5, 5.41) is 15.6. The number of hydrogen-bond donors (Lipinski definition) is 0. The number of carbonyl (C=O) groups is 1. The highest BCUT2D eigenvalue weighted by atomic mass is 16.6. The number of amides is 1. The molecule has 0 saturated carbocycles. The Morgan fingerprint density at radius 1 is 1.19 bits per heavy atom. The number of methoxy groups -OCH3 is 2. The zero-order chi connectivity index (χ0) is 22.0. The molecule has 10 nitrogen and oxygen atoms in total. The molecule has 0 aliphatic carbocycles. The smallest absolute Gasteiger partial charge is 0.295 e. The molecular formula is C21H21N5O5. The number of likely N-dealkylation sites (tertiary alicyclic amines) is 1. The van der Waals surface area contributed by atoms with Gasteiger partial charge in [0.2, 0.25) is 0 Å². The average Bonchev–Trinajstić information content (AvgIpc) is 3.50. The topological polar surface area (TPSA) is 113 Å². The van der Waals surface area contributed by atoms with Crippen LogP contribution in [0.4, 0.5) is 5.69 Å². The fourth-order valence-electron chi connectivity index (χ4n) is 3.93. The van der Waals surface area contributed by atoms with Crippen LogP contribution >= 0.6 is 0 Å². The van der Waals surface area contributed by atoms with Crippen LogP contribution in [0.25, 0.3) is 5.69 Å². The number of benzene rings is 2. The summed E-state index contributed by atoms with van der Waals surface area (Å²) in [6, 6.07) is 9.64. The lowest BCUT2D eigenvalue weighted by molar-refractivity contribution is -0.384. The first-order chi connectivity index (χ1) is 15.0. The molecule has 1 fully saturated rings. The van der Waals surface area contributed by atoms with Crippen molar-refractivity contribution in [2.75, 3.05) is 20.8 Å². The molecular weight excluding hydrogens is 402 g/mol. The molecule has 3 aromatic rings. The van der Waals surface area contributed by atoms with Crippen molar-refractivity contribution in [3.05, 3.63) is 70.3 Å². The van der Waals surface area contributed by atoms with Crippen molar-refractivity contribution < 1.29 is 19.2 Å². The highest BCUT2D eigenvalue weighted by molar-refractivity contribution is 5.96. The zero-order valence-corrected chi connectivity index (χ0v) is 17.1. The third kappa shape index (κ3) is 3.79. The van der Waals surface area contributed by atoms with E-state index >= 15 is 0 Å². The van der Waals surface area contributed by atoms with Gasteiger partial charge in [0.15, 0.2) is 0 Å². The maximum Gasteiger partial charge on any atom is 0.295 e. The van der Waals surface area contributed by atoms with Crippen LogP contribution in [-0.2, 0) is 0 Å². The maximum atomic E-state index is 13.4. The minimum Gasteiger partial charge on any atom is -0.497 e. The van der Waals surface area contributed by atoms with E-state index in [4.69, 9.17) is 9.47 Å². The van der Waals surface area contributed by atoms with Crippen molar-refractivity contribution in [3.63, 3.8) is 0 Å². The van der Waals surface area contributed by atoms with Crippen molar-refractivity contribution in [1.82, 2.24) is 19.7 Å². The van der Waals surface area contributed by atoms with Gasteiger partial charge in [-0.05, 0) is 43.2 Å². The molecule has 1 aromatic heterocycles. The van der Waals surface area contributed by atoms with E-state index in [1.165, 1.54) is 29.5 Å². The first kappa shape index (κ1) is 20.3. The van der Waals surface area contributed by atoms with Crippen molar-refractivity contribution in [2.24, 2.45) is 0 Å². The Hall–Kier alpha value is -3.95. The van der Waals surface area contributed by atoms with E-state index in [1.807, 2.05) is 12.1 Å². The van der Waals surface area contributed by atoms with E-state index in [-0.39, 0.29) is 28.9 Å². The molecule has 160 valence electrons. The van der Waals surface area contributed by atoms with E-state index in [1.54, 1.807) is 31.3 Å². The Kier molecular flexibility index (Phi) is 5.52. The summed E-state index contributed by atoms with van der Waals surface area (Å²) in [6.07, 6.45) is 4.23. The SMILES string of the molecule is COc1ccc(OC)c(C2CCCN2C(=O)c2ccc(-n3cncn3)c([N+](=O)[O-])c2)c1. The first-order valence-corrected chi connectivity index (χ1v) is 9.70. The lowest BCUT2D eigenvalue weighted by atomic mass is 10.0. The summed E-state index contributed by atoms with van der Waals surface area (Å²) in [7, 11) is 3.16. The van der Waals surface area contributed by atoms with Crippen LogP contribution in [0.5, 0.6) is 11.5 Å². The van der Waals surface area contributed by atoms with Gasteiger partial charge in [0.25, 0.3) is 11.6 Å². The van der Waals surface area contributed by atoms with Gasteiger partial charge in [-0.1, -0.05) is 0 Å². The van der Waals surface area contributed by atoms with Crippen molar-refractivity contribution in [3.8, 4) is 17.2 Å². The van der Waals surface area contributed by atoms with Crippen molar-refractivity contribution >= 4 is 11.6 Å². The fourth-order valence-corrected chi connectivity index (χ4v) is 3.93. The van der Waals surface area contributed by atoms with Gasteiger partial charge in [-0.15, -0.1) is 0 Å². The molecule has 1 saturated heterocycles. The van der Waals surface area contributed by atoms with Crippen molar-refractivity contribution in [1.29, 1.82) is 0 Å². The molecule has 1 amide bonds. The number of nitrogens with zero attached hydrogens (tertiary/aromatic N) is 5. The summed E-state index contributed by atoms with van der Waals surface area (Å²) in [4.78, 5) is 30.0. The molecule has 2 aromatic carbocycles. The molecule has 1 aliphatic rings. The minimum absolute atomic E-state index is 0.216. The third-order valence-electron chi connectivity index (χ3n) is 5.39. The number of aromatic nitrogens is 3. The monoisotopic (exact) mass is 423 g/mol. The van der Waals surface area contributed by atoms with Gasteiger partial charge in [-0.3, -0.25) is 14.9 Å². The van der Waals surface area contributed by atoms with E-state index in [0.717, 1.165) is 18.4 Å². The number of nitro groups is 1. The summed E-state index contributed by atoms with van der Waals surface area (Å²) in [5.74, 6) is 1.06. The average molecular weight is 423 g/mol. The van der Waals surface area contributed by atoms with Gasteiger partial charge in [0.1, 0.15) is 29.8 Å². The summed E-state index contributed by atoms with van der Waals surface area (Å²) < 4.78 is 12.1. The molecule has 4 rings (SSSR count). The van der Waals surface area contributed by atoms with E-state index in [9.17, 15) is 14.9 Å². The predicted molar refractivity (Wildman–Crippen MR) is 111 cm³/mol. The zero-order valence-electron chi connectivity index (χ0n) is 17.1. The van der Waals surface area contributed by atoms with Gasteiger partial charge in [0, 0.05) is 23.7 Å². The number of hydrogen-bond acceptors (Lipinski definition) is 7. The number of carbonyl (C=O) groups excluding carboxylic acids is 1. The van der Waals surface area contributed by atoms with Gasteiger partial charge >= 0.3 is 0 Å². The van der Waals surface area contributed by atoms with Gasteiger partial charge in [-0.2, -0.15) is 5.10 Å².